The van der Waals surface area contributed by atoms with Crippen LogP contribution in [0.1, 0.15) is 41.6 Å². The number of anilines is 2. The Morgan fingerprint density at radius 3 is 2.44 bits per heavy atom. The number of ether oxygens (including phenoxy) is 2. The van der Waals surface area contributed by atoms with Crippen molar-refractivity contribution >= 4 is 33.9 Å². The van der Waals surface area contributed by atoms with Gasteiger partial charge in [-0.3, -0.25) is 10.3 Å². The fraction of sp³-hybridized carbons (Fsp3) is 0.355. The molecule has 2 aliphatic heterocycles. The molecule has 228 valence electrons. The Hall–Kier alpha value is -3.87. The number of nitrogens with one attached hydrogen (secondary N) is 2. The summed E-state index contributed by atoms with van der Waals surface area (Å²) < 4.78 is 52.0. The molecule has 0 bridgehead atoms. The van der Waals surface area contributed by atoms with Gasteiger partial charge in [-0.1, -0.05) is 0 Å². The first-order valence-electron chi connectivity index (χ1n) is 14.3. The Morgan fingerprint density at radius 1 is 1.00 bits per heavy atom. The van der Waals surface area contributed by atoms with Gasteiger partial charge in [-0.2, -0.15) is 0 Å². The number of carbonyl (C=O) groups is 1. The molecular formula is C31H36F2N5O4S+. The van der Waals surface area contributed by atoms with Crippen LogP contribution in [0, 0.1) is 11.6 Å². The van der Waals surface area contributed by atoms with E-state index in [1.807, 2.05) is 6.07 Å². The highest BCUT2D eigenvalue weighted by atomic mass is 32.2. The molecule has 0 spiro atoms. The van der Waals surface area contributed by atoms with Gasteiger partial charge < -0.3 is 20.5 Å². The first-order chi connectivity index (χ1) is 20.8. The van der Waals surface area contributed by atoms with Crippen LogP contribution < -0.4 is 26.5 Å². The Kier molecular flexibility index (Phi) is 10.0. The molecule has 3 aromatic rings. The summed E-state index contributed by atoms with van der Waals surface area (Å²) in [7, 11) is -1.92. The quantitative estimate of drug-likeness (QED) is 0.157. The summed E-state index contributed by atoms with van der Waals surface area (Å²) in [5.74, 6) is -1.57. The number of hydrogen-bond donors (Lipinski definition) is 4. The molecule has 1 amide bonds. The number of carbonyl (C=O) groups excluding carboxylic acids is 1. The second-order valence-corrected chi connectivity index (χ2v) is 12.1. The fourth-order valence-corrected chi connectivity index (χ4v) is 6.33. The van der Waals surface area contributed by atoms with E-state index < -0.39 is 28.3 Å². The highest BCUT2D eigenvalue weighted by Crippen LogP contribution is 2.27. The van der Waals surface area contributed by atoms with Gasteiger partial charge in [0.1, 0.15) is 24.0 Å². The lowest BCUT2D eigenvalue weighted by atomic mass is 10.1. The molecule has 0 radical (unpaired) electrons. The number of amides is 1. The average Bonchev–Trinajstić information content (AvgIpc) is 3.51. The number of nitrogen functional groups attached to an aromatic ring is 1. The fourth-order valence-electron chi connectivity index (χ4n) is 5.20. The van der Waals surface area contributed by atoms with Gasteiger partial charge in [0, 0.05) is 53.4 Å². The topological polar surface area (TPSA) is 132 Å². The van der Waals surface area contributed by atoms with Crippen LogP contribution in [0.4, 0.5) is 20.2 Å². The van der Waals surface area contributed by atoms with Crippen molar-refractivity contribution in [3.63, 3.8) is 0 Å². The van der Waals surface area contributed by atoms with Crippen LogP contribution in [-0.4, -0.2) is 66.3 Å². The predicted octanol–water partition coefficient (Wildman–Crippen LogP) is 2.71. The number of likely N-dealkylation sites (tertiary alicyclic amines) is 1. The third kappa shape index (κ3) is 7.95. The van der Waals surface area contributed by atoms with E-state index in [1.54, 1.807) is 12.1 Å². The van der Waals surface area contributed by atoms with Crippen molar-refractivity contribution in [1.29, 1.82) is 0 Å². The zero-order valence-electron chi connectivity index (χ0n) is 23.7. The maximum absolute atomic E-state index is 13.7. The van der Waals surface area contributed by atoms with E-state index in [0.717, 1.165) is 44.6 Å². The second-order valence-electron chi connectivity index (χ2n) is 10.6. The van der Waals surface area contributed by atoms with E-state index in [1.165, 1.54) is 31.0 Å². The summed E-state index contributed by atoms with van der Waals surface area (Å²) in [6.07, 6.45) is 4.02. The van der Waals surface area contributed by atoms with Crippen LogP contribution >= 0.6 is 0 Å². The van der Waals surface area contributed by atoms with Gasteiger partial charge in [-0.25, -0.2) is 23.1 Å². The number of halogens is 2. The molecule has 12 heteroatoms. The van der Waals surface area contributed by atoms with E-state index in [0.29, 0.717) is 42.9 Å². The Balaban J connectivity index is 1.32. The van der Waals surface area contributed by atoms with Gasteiger partial charge in [-0.15, -0.1) is 0 Å². The first-order valence-corrected chi connectivity index (χ1v) is 15.5. The minimum absolute atomic E-state index is 0.0533. The lowest BCUT2D eigenvalue weighted by Crippen LogP contribution is -2.51. The Labute approximate surface area is 251 Å². The van der Waals surface area contributed by atoms with Gasteiger partial charge in [0.15, 0.2) is 0 Å². The molecule has 2 aliphatic rings. The molecule has 3 aromatic carbocycles. The molecule has 2 saturated heterocycles. The monoisotopic (exact) mass is 612 g/mol. The van der Waals surface area contributed by atoms with Crippen molar-refractivity contribution in [1.82, 2.24) is 10.2 Å². The van der Waals surface area contributed by atoms with E-state index >= 15 is 0 Å². The number of hydrogen-bond acceptors (Lipinski definition) is 7. The molecule has 9 nitrogen and oxygen atoms in total. The smallest absolute Gasteiger partial charge is 0.341 e. The summed E-state index contributed by atoms with van der Waals surface area (Å²) in [5.41, 5.74) is 7.56. The van der Waals surface area contributed by atoms with E-state index in [-0.39, 0.29) is 32.9 Å². The second kappa shape index (κ2) is 14.1. The summed E-state index contributed by atoms with van der Waals surface area (Å²) in [5, 5.41) is 12.5. The van der Waals surface area contributed by atoms with Crippen LogP contribution in [0.2, 0.25) is 0 Å². The largest absolute Gasteiger partial charge is 0.492 e. The number of nitrogens with two attached hydrogens (primary N) is 2. The molecule has 2 fully saturated rings. The minimum atomic E-state index is -1.92. The van der Waals surface area contributed by atoms with Crippen LogP contribution in [0.5, 0.6) is 5.75 Å². The highest BCUT2D eigenvalue weighted by molar-refractivity contribution is 7.85. The maximum atomic E-state index is 13.7. The van der Waals surface area contributed by atoms with E-state index in [4.69, 9.17) is 20.6 Å². The van der Waals surface area contributed by atoms with Crippen molar-refractivity contribution in [3.05, 3.63) is 77.4 Å². The summed E-state index contributed by atoms with van der Waals surface area (Å²) in [4.78, 5) is 16.0. The van der Waals surface area contributed by atoms with Crippen molar-refractivity contribution in [2.24, 2.45) is 0 Å². The zero-order chi connectivity index (χ0) is 30.3. The van der Waals surface area contributed by atoms with E-state index in [9.17, 15) is 17.8 Å². The molecule has 0 aliphatic carbocycles. The van der Waals surface area contributed by atoms with Crippen LogP contribution in [0.3, 0.4) is 0 Å². The van der Waals surface area contributed by atoms with Crippen molar-refractivity contribution < 1.29 is 32.7 Å². The highest BCUT2D eigenvalue weighted by Gasteiger charge is 2.24. The number of rotatable bonds is 10. The lowest BCUT2D eigenvalue weighted by Gasteiger charge is -2.25. The molecule has 0 saturated carbocycles. The van der Waals surface area contributed by atoms with E-state index in [2.05, 4.69) is 15.5 Å². The third-order valence-corrected chi connectivity index (χ3v) is 8.86. The van der Waals surface area contributed by atoms with Gasteiger partial charge in [0.25, 0.3) is 5.84 Å². The Bertz CT molecular complexity index is 1490. The summed E-state index contributed by atoms with van der Waals surface area (Å²) in [6.45, 7) is 4.82. The third-order valence-electron chi connectivity index (χ3n) is 7.52. The average molecular weight is 613 g/mol. The summed E-state index contributed by atoms with van der Waals surface area (Å²) in [6, 6.07) is 12.5. The van der Waals surface area contributed by atoms with Crippen LogP contribution in [0.15, 0.2) is 64.4 Å². The van der Waals surface area contributed by atoms with Crippen molar-refractivity contribution in [2.45, 2.75) is 41.5 Å². The predicted molar refractivity (Wildman–Crippen MR) is 160 cm³/mol. The van der Waals surface area contributed by atoms with Gasteiger partial charge in [0.05, 0.1) is 27.6 Å². The maximum Gasteiger partial charge on any atom is 0.341 e. The van der Waals surface area contributed by atoms with Crippen LogP contribution in [0.25, 0.3) is 0 Å². The standard InChI is InChI=1S/C31H35F2N5O4S/c32-20-15-21(33)17-25(16-20)43(40)24-4-6-28(34)27(19-24)30(35)37-31(39)26-5-3-23(42-14-11-38-9-1-2-10-38)18-29(26)36-22-7-12-41-13-8-22/h3-6,15-19,22,36H,1-2,7-14,34H2,(H2,35,37,39)/p+1. The molecule has 1 unspecified atom stereocenters. The van der Waals surface area contributed by atoms with Gasteiger partial charge >= 0.3 is 5.91 Å². The molecule has 1 atom stereocenters. The normalized spacial score (nSPS) is 16.5. The number of amidine groups is 1. The SMILES string of the molecule is Nc1ccc(S(=O)c2cc(F)cc(F)c2)cc1C(=[NH2+])NC(=O)c1ccc(OCCN2CCCC2)cc1NC1CCOCC1. The summed E-state index contributed by atoms with van der Waals surface area (Å²) >= 11 is 0. The molecule has 43 heavy (non-hydrogen) atoms. The molecule has 6 N–H and O–H groups in total. The number of nitrogens with zero attached hydrogens (tertiary/aromatic N) is 1. The zero-order valence-corrected chi connectivity index (χ0v) is 24.6. The first kappa shape index (κ1) is 30.6. The lowest BCUT2D eigenvalue weighted by molar-refractivity contribution is -0.116. The molecule has 5 rings (SSSR count). The Morgan fingerprint density at radius 2 is 1.72 bits per heavy atom. The number of benzene rings is 3. The molecule has 0 aromatic heterocycles. The van der Waals surface area contributed by atoms with Gasteiger partial charge in [0.2, 0.25) is 0 Å². The molecule has 2 heterocycles. The van der Waals surface area contributed by atoms with Crippen molar-refractivity contribution in [2.75, 3.05) is 50.5 Å². The molecular weight excluding hydrogens is 576 g/mol. The van der Waals surface area contributed by atoms with Gasteiger partial charge in [-0.05, 0) is 81.2 Å². The van der Waals surface area contributed by atoms with Crippen LogP contribution in [-0.2, 0) is 15.5 Å². The minimum Gasteiger partial charge on any atom is -0.492 e. The van der Waals surface area contributed by atoms with Crippen molar-refractivity contribution in [3.8, 4) is 5.75 Å².